The second kappa shape index (κ2) is 7.64. The summed E-state index contributed by atoms with van der Waals surface area (Å²) in [6, 6.07) is 20.1. The number of ether oxygens (including phenoxy) is 1. The summed E-state index contributed by atoms with van der Waals surface area (Å²) >= 11 is 0. The molecule has 1 amide bonds. The molecule has 0 spiro atoms. The van der Waals surface area contributed by atoms with Crippen LogP contribution in [-0.4, -0.2) is 37.0 Å². The van der Waals surface area contributed by atoms with Crippen LogP contribution in [0.5, 0.6) is 5.75 Å². The third kappa shape index (κ3) is 3.73. The van der Waals surface area contributed by atoms with E-state index in [1.807, 2.05) is 50.2 Å². The van der Waals surface area contributed by atoms with Gasteiger partial charge < -0.3 is 10.1 Å². The number of benzene rings is 3. The molecule has 1 aliphatic heterocycles. The molecule has 1 saturated heterocycles. The Balaban J connectivity index is 1.52. The molecule has 1 aliphatic rings. The number of hydrogen-bond acceptors (Lipinski definition) is 3. The molecule has 4 nitrogen and oxygen atoms in total. The topological polar surface area (TPSA) is 41.6 Å². The first-order valence-electron chi connectivity index (χ1n) is 9.75. The summed E-state index contributed by atoms with van der Waals surface area (Å²) in [5.74, 6) is 0.681. The smallest absolute Gasteiger partial charge is 0.252 e. The molecular weight excluding hydrogens is 348 g/mol. The highest BCUT2D eigenvalue weighted by Gasteiger charge is 2.25. The van der Waals surface area contributed by atoms with Gasteiger partial charge >= 0.3 is 0 Å². The lowest BCUT2D eigenvalue weighted by Gasteiger charge is -2.36. The van der Waals surface area contributed by atoms with Crippen molar-refractivity contribution in [1.82, 2.24) is 10.2 Å². The standard InChI is InChI=1S/C24H26N2O2/c1-16-11-12-19(28-20-14-26(3)15-20)13-23(16)24(27)25-17(2)21-10-6-8-18-7-4-5-9-22(18)21/h4-13,17,20H,14-15H2,1-3H3,(H,25,27). The second-order valence-electron chi connectivity index (χ2n) is 7.70. The first kappa shape index (κ1) is 18.5. The Morgan fingerprint density at radius 1 is 1.11 bits per heavy atom. The number of likely N-dealkylation sites (tertiary alicyclic amines) is 1. The molecule has 1 atom stereocenters. The molecule has 4 heteroatoms. The zero-order chi connectivity index (χ0) is 19.7. The van der Waals surface area contributed by atoms with Crippen LogP contribution in [0.1, 0.15) is 34.5 Å². The summed E-state index contributed by atoms with van der Waals surface area (Å²) in [6.07, 6.45) is 0.207. The lowest BCUT2D eigenvalue weighted by molar-refractivity contribution is 0.0387. The maximum atomic E-state index is 13.0. The minimum atomic E-state index is -0.0946. The van der Waals surface area contributed by atoms with Gasteiger partial charge in [-0.2, -0.15) is 0 Å². The molecule has 0 saturated carbocycles. The Bertz CT molecular complexity index is 1000. The van der Waals surface area contributed by atoms with Crippen molar-refractivity contribution in [2.45, 2.75) is 26.0 Å². The first-order chi connectivity index (χ1) is 13.5. The largest absolute Gasteiger partial charge is 0.488 e. The highest BCUT2D eigenvalue weighted by atomic mass is 16.5. The van der Waals surface area contributed by atoms with Crippen LogP contribution < -0.4 is 10.1 Å². The lowest BCUT2D eigenvalue weighted by atomic mass is 9.99. The van der Waals surface area contributed by atoms with Gasteiger partial charge in [0.1, 0.15) is 11.9 Å². The maximum Gasteiger partial charge on any atom is 0.252 e. The molecule has 1 unspecified atom stereocenters. The third-order valence-corrected chi connectivity index (χ3v) is 5.42. The number of fused-ring (bicyclic) bond motifs is 1. The molecular formula is C24H26N2O2. The molecule has 0 bridgehead atoms. The number of nitrogens with one attached hydrogen (secondary N) is 1. The molecule has 3 aromatic rings. The summed E-state index contributed by atoms with van der Waals surface area (Å²) in [7, 11) is 2.07. The van der Waals surface area contributed by atoms with Gasteiger partial charge in [0.25, 0.3) is 5.91 Å². The molecule has 0 aromatic heterocycles. The van der Waals surface area contributed by atoms with E-state index in [9.17, 15) is 4.79 Å². The van der Waals surface area contributed by atoms with E-state index in [-0.39, 0.29) is 18.1 Å². The van der Waals surface area contributed by atoms with Gasteiger partial charge in [0, 0.05) is 18.7 Å². The summed E-state index contributed by atoms with van der Waals surface area (Å²) in [5.41, 5.74) is 2.73. The number of amides is 1. The molecule has 4 rings (SSSR count). The number of hydrogen-bond donors (Lipinski definition) is 1. The maximum absolute atomic E-state index is 13.0. The van der Waals surface area contributed by atoms with Crippen LogP contribution in [0.15, 0.2) is 60.7 Å². The highest BCUT2D eigenvalue weighted by molar-refractivity contribution is 5.96. The quantitative estimate of drug-likeness (QED) is 0.723. The minimum Gasteiger partial charge on any atom is -0.488 e. The number of rotatable bonds is 5. The Morgan fingerprint density at radius 2 is 1.86 bits per heavy atom. The van der Waals surface area contributed by atoms with E-state index >= 15 is 0 Å². The van der Waals surface area contributed by atoms with Gasteiger partial charge in [-0.1, -0.05) is 48.5 Å². The van der Waals surface area contributed by atoms with Crippen molar-refractivity contribution in [2.75, 3.05) is 20.1 Å². The summed E-state index contributed by atoms with van der Waals surface area (Å²) in [6.45, 7) is 5.83. The second-order valence-corrected chi connectivity index (χ2v) is 7.70. The van der Waals surface area contributed by atoms with Gasteiger partial charge in [-0.25, -0.2) is 0 Å². The van der Waals surface area contributed by atoms with Crippen LogP contribution in [0.4, 0.5) is 0 Å². The van der Waals surface area contributed by atoms with Crippen LogP contribution in [0.25, 0.3) is 10.8 Å². The number of carbonyl (C=O) groups excluding carboxylic acids is 1. The summed E-state index contributed by atoms with van der Waals surface area (Å²) in [5, 5.41) is 5.50. The van der Waals surface area contributed by atoms with Gasteiger partial charge in [0.05, 0.1) is 6.04 Å². The zero-order valence-electron chi connectivity index (χ0n) is 16.6. The van der Waals surface area contributed by atoms with Gasteiger partial charge in [0.2, 0.25) is 0 Å². The van der Waals surface area contributed by atoms with Crippen molar-refractivity contribution >= 4 is 16.7 Å². The Morgan fingerprint density at radius 3 is 2.64 bits per heavy atom. The third-order valence-electron chi connectivity index (χ3n) is 5.42. The molecule has 0 aliphatic carbocycles. The molecule has 144 valence electrons. The summed E-state index contributed by atoms with van der Waals surface area (Å²) in [4.78, 5) is 15.2. The van der Waals surface area contributed by atoms with Crippen molar-refractivity contribution < 1.29 is 9.53 Å². The molecule has 3 aromatic carbocycles. The SMILES string of the molecule is Cc1ccc(OC2CN(C)C2)cc1C(=O)NC(C)c1cccc2ccccc12. The Kier molecular flexibility index (Phi) is 5.05. The van der Waals surface area contributed by atoms with Crippen LogP contribution in [0.2, 0.25) is 0 Å². The fraction of sp³-hybridized carbons (Fsp3) is 0.292. The predicted molar refractivity (Wildman–Crippen MR) is 113 cm³/mol. The fourth-order valence-corrected chi connectivity index (χ4v) is 3.81. The van der Waals surface area contributed by atoms with Crippen LogP contribution in [-0.2, 0) is 0 Å². The molecule has 28 heavy (non-hydrogen) atoms. The van der Waals surface area contributed by atoms with E-state index in [0.29, 0.717) is 5.56 Å². The van der Waals surface area contributed by atoms with Gasteiger partial charge in [0.15, 0.2) is 0 Å². The number of aryl methyl sites for hydroxylation is 1. The van der Waals surface area contributed by atoms with Crippen LogP contribution in [0.3, 0.4) is 0 Å². The highest BCUT2D eigenvalue weighted by Crippen LogP contribution is 2.25. The zero-order valence-corrected chi connectivity index (χ0v) is 16.6. The van der Waals surface area contributed by atoms with Crippen molar-refractivity contribution in [3.05, 3.63) is 77.4 Å². The van der Waals surface area contributed by atoms with Crippen molar-refractivity contribution in [2.24, 2.45) is 0 Å². The van der Waals surface area contributed by atoms with Gasteiger partial charge in [-0.05, 0) is 54.9 Å². The van der Waals surface area contributed by atoms with E-state index in [1.54, 1.807) is 0 Å². The van der Waals surface area contributed by atoms with Crippen LogP contribution in [0, 0.1) is 6.92 Å². The fourth-order valence-electron chi connectivity index (χ4n) is 3.81. The lowest BCUT2D eigenvalue weighted by Crippen LogP contribution is -2.51. The Hall–Kier alpha value is -2.85. The van der Waals surface area contributed by atoms with Crippen molar-refractivity contribution in [1.29, 1.82) is 0 Å². The molecule has 0 radical (unpaired) electrons. The molecule has 1 heterocycles. The molecule has 1 N–H and O–H groups in total. The first-order valence-corrected chi connectivity index (χ1v) is 9.75. The number of nitrogens with zero attached hydrogens (tertiary/aromatic N) is 1. The van der Waals surface area contributed by atoms with Gasteiger partial charge in [-0.15, -0.1) is 0 Å². The normalized spacial score (nSPS) is 15.8. The average Bonchev–Trinajstić information content (AvgIpc) is 2.67. The van der Waals surface area contributed by atoms with E-state index in [2.05, 4.69) is 41.5 Å². The number of likely N-dealkylation sites (N-methyl/N-ethyl adjacent to an activating group) is 1. The minimum absolute atomic E-state index is 0.0749. The van der Waals surface area contributed by atoms with Crippen molar-refractivity contribution in [3.63, 3.8) is 0 Å². The predicted octanol–water partition coefficient (Wildman–Crippen LogP) is 4.33. The average molecular weight is 374 g/mol. The monoisotopic (exact) mass is 374 g/mol. The number of carbonyl (C=O) groups is 1. The summed E-state index contributed by atoms with van der Waals surface area (Å²) < 4.78 is 5.99. The van der Waals surface area contributed by atoms with Gasteiger partial charge in [-0.3, -0.25) is 9.69 Å². The van der Waals surface area contributed by atoms with E-state index < -0.39 is 0 Å². The Labute approximate surface area is 166 Å². The van der Waals surface area contributed by atoms with E-state index in [0.717, 1.165) is 30.0 Å². The molecule has 1 fully saturated rings. The van der Waals surface area contributed by atoms with E-state index in [4.69, 9.17) is 4.74 Å². The van der Waals surface area contributed by atoms with E-state index in [1.165, 1.54) is 10.8 Å². The van der Waals surface area contributed by atoms with Crippen molar-refractivity contribution in [3.8, 4) is 5.75 Å². The van der Waals surface area contributed by atoms with Crippen LogP contribution >= 0.6 is 0 Å².